The molecule has 132 valence electrons. The van der Waals surface area contributed by atoms with Crippen LogP contribution >= 0.6 is 22.6 Å². The Morgan fingerprint density at radius 3 is 2.40 bits per heavy atom. The van der Waals surface area contributed by atoms with Gasteiger partial charge in [-0.15, -0.1) is 0 Å². The van der Waals surface area contributed by atoms with Crippen LogP contribution in [-0.2, 0) is 10.0 Å². The van der Waals surface area contributed by atoms with Crippen LogP contribution in [0.4, 0.5) is 5.69 Å². The molecule has 3 rings (SSSR count). The Labute approximate surface area is 161 Å². The average Bonchev–Trinajstić information content (AvgIpc) is 3.15. The zero-order chi connectivity index (χ0) is 17.9. The highest BCUT2D eigenvalue weighted by atomic mass is 127. The second-order valence-corrected chi connectivity index (χ2v) is 9.11. The molecule has 0 amide bonds. The summed E-state index contributed by atoms with van der Waals surface area (Å²) in [6.45, 7) is 1.31. The molecular formula is C18H19IN2O3S. The third-order valence-corrected chi connectivity index (χ3v) is 6.74. The molecule has 25 heavy (non-hydrogen) atoms. The van der Waals surface area contributed by atoms with Crippen molar-refractivity contribution in [2.75, 3.05) is 25.0 Å². The Kier molecular flexibility index (Phi) is 5.75. The fraction of sp³-hybridized carbons (Fsp3) is 0.278. The van der Waals surface area contributed by atoms with Gasteiger partial charge in [-0.25, -0.2) is 8.42 Å². The van der Waals surface area contributed by atoms with E-state index >= 15 is 0 Å². The van der Waals surface area contributed by atoms with Crippen molar-refractivity contribution in [3.8, 4) is 0 Å². The molecule has 1 aliphatic rings. The number of hydrogen-bond donors (Lipinski definition) is 1. The normalized spacial score (nSPS) is 15.2. The Morgan fingerprint density at radius 1 is 1.08 bits per heavy atom. The second kappa shape index (κ2) is 7.84. The molecule has 1 fully saturated rings. The molecule has 0 radical (unpaired) electrons. The predicted octanol–water partition coefficient (Wildman–Crippen LogP) is 3.37. The number of ketones is 1. The molecule has 7 heteroatoms. The number of benzene rings is 2. The van der Waals surface area contributed by atoms with Crippen LogP contribution in [0.2, 0.25) is 0 Å². The van der Waals surface area contributed by atoms with Crippen LogP contribution < -0.4 is 5.32 Å². The molecule has 1 N–H and O–H groups in total. The van der Waals surface area contributed by atoms with Crippen LogP contribution in [0.1, 0.15) is 23.2 Å². The number of hydrogen-bond acceptors (Lipinski definition) is 4. The van der Waals surface area contributed by atoms with Gasteiger partial charge in [0.05, 0.1) is 11.4 Å². The molecule has 0 aromatic heterocycles. The summed E-state index contributed by atoms with van der Waals surface area (Å²) >= 11 is 2.22. The first kappa shape index (κ1) is 18.3. The average molecular weight is 470 g/mol. The topological polar surface area (TPSA) is 66.5 Å². The van der Waals surface area contributed by atoms with Crippen molar-refractivity contribution in [3.05, 3.63) is 57.7 Å². The minimum absolute atomic E-state index is 0.0796. The van der Waals surface area contributed by atoms with Crippen molar-refractivity contribution in [2.45, 2.75) is 17.7 Å². The summed E-state index contributed by atoms with van der Waals surface area (Å²) in [5.74, 6) is -0.0796. The Balaban J connectivity index is 1.66. The van der Waals surface area contributed by atoms with Crippen LogP contribution in [0.3, 0.4) is 0 Å². The molecule has 0 atom stereocenters. The number of anilines is 1. The van der Waals surface area contributed by atoms with Gasteiger partial charge in [0.2, 0.25) is 10.0 Å². The van der Waals surface area contributed by atoms with Crippen LogP contribution in [0.5, 0.6) is 0 Å². The number of carbonyl (C=O) groups excluding carboxylic acids is 1. The van der Waals surface area contributed by atoms with Crippen molar-refractivity contribution in [1.29, 1.82) is 0 Å². The minimum Gasteiger partial charge on any atom is -0.378 e. The van der Waals surface area contributed by atoms with Crippen LogP contribution in [0.15, 0.2) is 53.4 Å². The summed E-state index contributed by atoms with van der Waals surface area (Å²) < 4.78 is 27.6. The van der Waals surface area contributed by atoms with E-state index in [2.05, 4.69) is 27.9 Å². The first-order valence-electron chi connectivity index (χ1n) is 8.10. The van der Waals surface area contributed by atoms with Crippen molar-refractivity contribution in [1.82, 2.24) is 4.31 Å². The number of carbonyl (C=O) groups is 1. The van der Waals surface area contributed by atoms with E-state index in [9.17, 15) is 13.2 Å². The van der Waals surface area contributed by atoms with Crippen LogP contribution in [0, 0.1) is 3.57 Å². The fourth-order valence-electron chi connectivity index (χ4n) is 2.77. The second-order valence-electron chi connectivity index (χ2n) is 5.92. The van der Waals surface area contributed by atoms with Gasteiger partial charge in [0.15, 0.2) is 5.78 Å². The molecular weight excluding hydrogens is 451 g/mol. The Hall–Kier alpha value is -1.45. The van der Waals surface area contributed by atoms with E-state index in [0.717, 1.165) is 22.1 Å². The maximum absolute atomic E-state index is 12.5. The lowest BCUT2D eigenvalue weighted by atomic mass is 10.1. The van der Waals surface area contributed by atoms with Gasteiger partial charge in [-0.1, -0.05) is 6.07 Å². The molecule has 0 spiro atoms. The maximum Gasteiger partial charge on any atom is 0.243 e. The molecule has 0 saturated carbocycles. The smallest absolute Gasteiger partial charge is 0.243 e. The summed E-state index contributed by atoms with van der Waals surface area (Å²) in [4.78, 5) is 12.5. The van der Waals surface area contributed by atoms with Gasteiger partial charge in [0.1, 0.15) is 0 Å². The lowest BCUT2D eigenvalue weighted by Gasteiger charge is -2.15. The van der Waals surface area contributed by atoms with E-state index in [4.69, 9.17) is 0 Å². The number of Topliss-reactive ketones (excluding diaryl/α,β-unsaturated/α-hetero) is 1. The minimum atomic E-state index is -3.44. The molecule has 1 saturated heterocycles. The highest BCUT2D eigenvalue weighted by molar-refractivity contribution is 14.1. The highest BCUT2D eigenvalue weighted by Gasteiger charge is 2.27. The van der Waals surface area contributed by atoms with Gasteiger partial charge in [-0.2, -0.15) is 4.31 Å². The zero-order valence-corrected chi connectivity index (χ0v) is 16.6. The summed E-state index contributed by atoms with van der Waals surface area (Å²) in [7, 11) is -3.44. The van der Waals surface area contributed by atoms with Crippen LogP contribution in [0.25, 0.3) is 0 Å². The number of nitrogens with zero attached hydrogens (tertiary/aromatic N) is 1. The molecule has 2 aromatic carbocycles. The van der Waals surface area contributed by atoms with E-state index in [0.29, 0.717) is 18.7 Å². The number of rotatable bonds is 6. The largest absolute Gasteiger partial charge is 0.378 e. The summed E-state index contributed by atoms with van der Waals surface area (Å²) in [6, 6.07) is 14.0. The van der Waals surface area contributed by atoms with Crippen molar-refractivity contribution < 1.29 is 13.2 Å². The molecule has 0 bridgehead atoms. The standard InChI is InChI=1S/C18H19IN2O3S/c19-15-4-3-5-16(12-15)20-13-18(22)14-6-8-17(9-7-14)25(23,24)21-10-1-2-11-21/h3-9,12,20H,1-2,10-11,13H2. The van der Waals surface area contributed by atoms with Gasteiger partial charge >= 0.3 is 0 Å². The Morgan fingerprint density at radius 2 is 1.76 bits per heavy atom. The quantitative estimate of drug-likeness (QED) is 0.520. The zero-order valence-electron chi connectivity index (χ0n) is 13.6. The molecule has 0 unspecified atom stereocenters. The molecule has 1 heterocycles. The third kappa shape index (κ3) is 4.39. The van der Waals surface area contributed by atoms with Crippen molar-refractivity contribution in [3.63, 3.8) is 0 Å². The van der Waals surface area contributed by atoms with E-state index in [1.165, 1.54) is 16.4 Å². The summed E-state index contributed by atoms with van der Waals surface area (Å²) in [5, 5.41) is 3.09. The van der Waals surface area contributed by atoms with Gasteiger partial charge in [-0.3, -0.25) is 4.79 Å². The number of nitrogens with one attached hydrogen (secondary N) is 1. The summed E-state index contributed by atoms with van der Waals surface area (Å²) in [5.41, 5.74) is 1.38. The molecule has 5 nitrogen and oxygen atoms in total. The third-order valence-electron chi connectivity index (χ3n) is 4.16. The summed E-state index contributed by atoms with van der Waals surface area (Å²) in [6.07, 6.45) is 1.81. The fourth-order valence-corrected chi connectivity index (χ4v) is 4.83. The molecule has 0 aliphatic carbocycles. The maximum atomic E-state index is 12.5. The van der Waals surface area contributed by atoms with Gasteiger partial charge in [0, 0.05) is 27.9 Å². The van der Waals surface area contributed by atoms with E-state index in [1.54, 1.807) is 12.1 Å². The lowest BCUT2D eigenvalue weighted by molar-refractivity contribution is 0.101. The monoisotopic (exact) mass is 470 g/mol. The number of halogens is 1. The molecule has 2 aromatic rings. The van der Waals surface area contributed by atoms with E-state index in [-0.39, 0.29) is 17.2 Å². The van der Waals surface area contributed by atoms with E-state index in [1.807, 2.05) is 24.3 Å². The van der Waals surface area contributed by atoms with Crippen molar-refractivity contribution >= 4 is 44.1 Å². The Bertz CT molecular complexity index is 860. The van der Waals surface area contributed by atoms with Gasteiger partial charge in [0.25, 0.3) is 0 Å². The predicted molar refractivity (Wildman–Crippen MR) is 106 cm³/mol. The van der Waals surface area contributed by atoms with E-state index < -0.39 is 10.0 Å². The van der Waals surface area contributed by atoms with Gasteiger partial charge < -0.3 is 5.32 Å². The highest BCUT2D eigenvalue weighted by Crippen LogP contribution is 2.21. The SMILES string of the molecule is O=C(CNc1cccc(I)c1)c1ccc(S(=O)(=O)N2CCCC2)cc1. The number of sulfonamides is 1. The first-order valence-corrected chi connectivity index (χ1v) is 10.6. The van der Waals surface area contributed by atoms with Gasteiger partial charge in [-0.05, 0) is 77.9 Å². The first-order chi connectivity index (χ1) is 12.0. The molecule has 1 aliphatic heterocycles. The van der Waals surface area contributed by atoms with Crippen LogP contribution in [-0.4, -0.2) is 38.1 Å². The lowest BCUT2D eigenvalue weighted by Crippen LogP contribution is -2.27. The van der Waals surface area contributed by atoms with Crippen molar-refractivity contribution in [2.24, 2.45) is 0 Å².